The number of carbonyl (C=O) groups is 2. The van der Waals surface area contributed by atoms with Crippen molar-refractivity contribution in [3.63, 3.8) is 0 Å². The first-order valence-electron chi connectivity index (χ1n) is 10.7. The Morgan fingerprint density at radius 2 is 1.25 bits per heavy atom. The minimum atomic E-state index is -1.76. The Labute approximate surface area is 170 Å². The summed E-state index contributed by atoms with van der Waals surface area (Å²) in [6.45, 7) is 5.95. The molecule has 0 atom stereocenters. The Hall–Kier alpha value is -1.88. The molecule has 28 heavy (non-hydrogen) atoms. The molecule has 158 valence electrons. The topological polar surface area (TPSA) is 78.6 Å². The third-order valence-electron chi connectivity index (χ3n) is 4.93. The highest BCUT2D eigenvalue weighted by molar-refractivity contribution is 6.04. The lowest BCUT2D eigenvalue weighted by Crippen LogP contribution is -2.57. The van der Waals surface area contributed by atoms with Crippen LogP contribution in [0.15, 0.2) is 24.3 Å². The van der Waals surface area contributed by atoms with Crippen molar-refractivity contribution >= 4 is 11.9 Å². The minimum absolute atomic E-state index is 0.154. The van der Waals surface area contributed by atoms with Crippen LogP contribution in [-0.4, -0.2) is 30.7 Å². The zero-order chi connectivity index (χ0) is 20.8. The molecular weight excluding hydrogens is 354 g/mol. The molecule has 0 aliphatic heterocycles. The summed E-state index contributed by atoms with van der Waals surface area (Å²) < 4.78 is 9.99. The number of nitrogens with two attached hydrogens (primary N) is 1. The number of esters is 2. The number of benzene rings is 1. The van der Waals surface area contributed by atoms with Gasteiger partial charge in [-0.3, -0.25) is 0 Å². The summed E-state index contributed by atoms with van der Waals surface area (Å²) in [4.78, 5) is 24.4. The van der Waals surface area contributed by atoms with Gasteiger partial charge >= 0.3 is 11.9 Å². The molecule has 5 nitrogen and oxygen atoms in total. The molecule has 1 aromatic rings. The Bertz CT molecular complexity index is 565. The van der Waals surface area contributed by atoms with Crippen molar-refractivity contribution in [1.82, 2.24) is 0 Å². The molecule has 5 heteroatoms. The maximum Gasteiger partial charge on any atom is 0.337 e. The summed E-state index contributed by atoms with van der Waals surface area (Å²) in [5.74, 6) is -1.46. The monoisotopic (exact) mass is 391 g/mol. The van der Waals surface area contributed by atoms with E-state index in [2.05, 4.69) is 19.1 Å². The molecule has 0 fully saturated rings. The predicted molar refractivity (Wildman–Crippen MR) is 112 cm³/mol. The van der Waals surface area contributed by atoms with Crippen LogP contribution in [0, 0.1) is 0 Å². The third-order valence-corrected chi connectivity index (χ3v) is 4.93. The molecule has 0 saturated carbocycles. The molecule has 0 radical (unpaired) electrons. The van der Waals surface area contributed by atoms with Gasteiger partial charge in [-0.2, -0.15) is 0 Å². The zero-order valence-electron chi connectivity index (χ0n) is 17.8. The van der Waals surface area contributed by atoms with Crippen LogP contribution in [0.5, 0.6) is 0 Å². The zero-order valence-corrected chi connectivity index (χ0v) is 17.8. The number of rotatable bonds is 14. The minimum Gasteiger partial charge on any atom is -0.464 e. The molecule has 0 amide bonds. The molecular formula is C23H37NO4. The van der Waals surface area contributed by atoms with Crippen molar-refractivity contribution in [2.24, 2.45) is 5.73 Å². The first-order valence-corrected chi connectivity index (χ1v) is 10.7. The highest BCUT2D eigenvalue weighted by atomic mass is 16.6. The quantitative estimate of drug-likeness (QED) is 0.290. The van der Waals surface area contributed by atoms with Crippen molar-refractivity contribution < 1.29 is 19.1 Å². The number of unbranched alkanes of at least 4 members (excludes halogenated alkanes) is 5. The van der Waals surface area contributed by atoms with Gasteiger partial charge in [0, 0.05) is 0 Å². The Morgan fingerprint density at radius 1 is 0.786 bits per heavy atom. The van der Waals surface area contributed by atoms with Gasteiger partial charge in [0.1, 0.15) is 0 Å². The van der Waals surface area contributed by atoms with E-state index < -0.39 is 17.5 Å². The molecule has 0 bridgehead atoms. The highest BCUT2D eigenvalue weighted by Gasteiger charge is 2.44. The number of hydrogen-bond donors (Lipinski definition) is 1. The maximum atomic E-state index is 12.2. The summed E-state index contributed by atoms with van der Waals surface area (Å²) >= 11 is 0. The van der Waals surface area contributed by atoms with E-state index in [1.807, 2.05) is 12.1 Å². The van der Waals surface area contributed by atoms with Crippen molar-refractivity contribution in [2.75, 3.05) is 13.2 Å². The van der Waals surface area contributed by atoms with Crippen LogP contribution in [0.2, 0.25) is 0 Å². The number of hydrogen-bond acceptors (Lipinski definition) is 5. The fourth-order valence-corrected chi connectivity index (χ4v) is 3.13. The largest absolute Gasteiger partial charge is 0.464 e. The van der Waals surface area contributed by atoms with Gasteiger partial charge in [0.25, 0.3) is 0 Å². The van der Waals surface area contributed by atoms with Crippen LogP contribution in [0.4, 0.5) is 0 Å². The van der Waals surface area contributed by atoms with Crippen LogP contribution in [-0.2, 0) is 31.9 Å². The van der Waals surface area contributed by atoms with E-state index in [9.17, 15) is 9.59 Å². The Balaban J connectivity index is 2.56. The Morgan fingerprint density at radius 3 is 1.75 bits per heavy atom. The smallest absolute Gasteiger partial charge is 0.337 e. The van der Waals surface area contributed by atoms with Crippen molar-refractivity contribution in [1.29, 1.82) is 0 Å². The number of ether oxygens (including phenoxy) is 2. The molecule has 0 aliphatic carbocycles. The molecule has 0 heterocycles. The fraction of sp³-hybridized carbons (Fsp3) is 0.652. The molecule has 0 saturated heterocycles. The lowest BCUT2D eigenvalue weighted by atomic mass is 9.91. The van der Waals surface area contributed by atoms with Crippen LogP contribution >= 0.6 is 0 Å². The molecule has 0 unspecified atom stereocenters. The number of aryl methyl sites for hydroxylation is 2. The molecule has 2 N–H and O–H groups in total. The van der Waals surface area contributed by atoms with Crippen molar-refractivity contribution in [2.45, 2.75) is 84.1 Å². The molecule has 1 rings (SSSR count). The third kappa shape index (κ3) is 8.01. The first-order chi connectivity index (χ1) is 13.5. The highest BCUT2D eigenvalue weighted by Crippen LogP contribution is 2.18. The molecule has 0 aliphatic rings. The first kappa shape index (κ1) is 24.2. The van der Waals surface area contributed by atoms with Gasteiger partial charge in [-0.05, 0) is 50.7 Å². The van der Waals surface area contributed by atoms with E-state index >= 15 is 0 Å². The van der Waals surface area contributed by atoms with Crippen LogP contribution in [0.1, 0.15) is 76.8 Å². The van der Waals surface area contributed by atoms with E-state index in [1.165, 1.54) is 44.1 Å². The van der Waals surface area contributed by atoms with Crippen LogP contribution in [0.25, 0.3) is 0 Å². The Kier molecular flexibility index (Phi) is 11.5. The van der Waals surface area contributed by atoms with E-state index in [1.54, 1.807) is 13.8 Å². The molecule has 0 aromatic heterocycles. The van der Waals surface area contributed by atoms with E-state index in [4.69, 9.17) is 15.2 Å². The van der Waals surface area contributed by atoms with E-state index in [-0.39, 0.29) is 19.6 Å². The average Bonchev–Trinajstić information content (AvgIpc) is 2.70. The van der Waals surface area contributed by atoms with Gasteiger partial charge < -0.3 is 15.2 Å². The molecule has 1 aromatic carbocycles. The molecule has 0 spiro atoms. The average molecular weight is 392 g/mol. The van der Waals surface area contributed by atoms with Gasteiger partial charge in [-0.1, -0.05) is 63.3 Å². The van der Waals surface area contributed by atoms with Crippen LogP contribution in [0.3, 0.4) is 0 Å². The summed E-state index contributed by atoms with van der Waals surface area (Å²) in [6, 6.07) is 8.33. The van der Waals surface area contributed by atoms with Gasteiger partial charge in [-0.25, -0.2) is 9.59 Å². The lowest BCUT2D eigenvalue weighted by Gasteiger charge is -2.24. The number of carbonyl (C=O) groups excluding carboxylic acids is 2. The van der Waals surface area contributed by atoms with Crippen molar-refractivity contribution in [3.8, 4) is 0 Å². The van der Waals surface area contributed by atoms with E-state index in [0.29, 0.717) is 6.42 Å². The summed E-state index contributed by atoms with van der Waals surface area (Å²) in [5.41, 5.74) is 6.69. The lowest BCUT2D eigenvalue weighted by molar-refractivity contribution is -0.164. The van der Waals surface area contributed by atoms with Crippen molar-refractivity contribution in [3.05, 3.63) is 35.4 Å². The van der Waals surface area contributed by atoms with Gasteiger partial charge in [0.05, 0.1) is 13.2 Å². The maximum absolute atomic E-state index is 12.2. The van der Waals surface area contributed by atoms with Gasteiger partial charge in [0.2, 0.25) is 5.54 Å². The normalized spacial score (nSPS) is 11.3. The predicted octanol–water partition coefficient (Wildman–Crippen LogP) is 4.35. The van der Waals surface area contributed by atoms with Crippen LogP contribution < -0.4 is 5.73 Å². The summed E-state index contributed by atoms with van der Waals surface area (Å²) in [5, 5.41) is 0. The second-order valence-corrected chi connectivity index (χ2v) is 7.25. The fourth-order valence-electron chi connectivity index (χ4n) is 3.13. The van der Waals surface area contributed by atoms with E-state index in [0.717, 1.165) is 12.0 Å². The second kappa shape index (κ2) is 13.3. The second-order valence-electron chi connectivity index (χ2n) is 7.25. The summed E-state index contributed by atoms with van der Waals surface area (Å²) in [6.07, 6.45) is 9.47. The SMILES string of the molecule is CCCCCCCCc1ccc(CCC(N)(C(=O)OCC)C(=O)OCC)cc1. The van der Waals surface area contributed by atoms with Gasteiger partial charge in [-0.15, -0.1) is 0 Å². The summed E-state index contributed by atoms with van der Waals surface area (Å²) in [7, 11) is 0. The standard InChI is InChI=1S/C23H37NO4/c1-4-7-8-9-10-11-12-19-13-15-20(16-14-19)17-18-23(24,21(25)27-5-2)22(26)28-6-3/h13-16H,4-12,17-18,24H2,1-3H3. The van der Waals surface area contributed by atoms with Gasteiger partial charge in [0.15, 0.2) is 0 Å².